The highest BCUT2D eigenvalue weighted by atomic mass is 35.5. The van der Waals surface area contributed by atoms with Gasteiger partial charge in [-0.15, -0.1) is 0 Å². The summed E-state index contributed by atoms with van der Waals surface area (Å²) < 4.78 is 5.62. The van der Waals surface area contributed by atoms with Gasteiger partial charge >= 0.3 is 0 Å². The number of carbonyl (C=O) groups is 1. The second-order valence-electron chi connectivity index (χ2n) is 6.14. The first kappa shape index (κ1) is 18.7. The Balaban J connectivity index is 1.89. The van der Waals surface area contributed by atoms with Crippen LogP contribution in [0, 0.1) is 21.4 Å². The van der Waals surface area contributed by atoms with E-state index in [1.807, 2.05) is 6.07 Å². The second-order valence-corrected chi connectivity index (χ2v) is 6.58. The molecule has 0 aliphatic carbocycles. The molecule has 7 nitrogen and oxygen atoms in total. The number of halogens is 1. The maximum Gasteiger partial charge on any atom is 0.281 e. The largest absolute Gasteiger partial charge is 0.456 e. The quantitative estimate of drug-likeness (QED) is 0.335. The molecule has 3 rings (SSSR count). The van der Waals surface area contributed by atoms with Gasteiger partial charge in [-0.1, -0.05) is 11.6 Å². The summed E-state index contributed by atoms with van der Waals surface area (Å²) in [5, 5.41) is 20.8. The van der Waals surface area contributed by atoms with Crippen LogP contribution >= 0.6 is 11.6 Å². The Morgan fingerprint density at radius 1 is 1.26 bits per heavy atom. The van der Waals surface area contributed by atoms with Gasteiger partial charge in [-0.25, -0.2) is 0 Å². The molecule has 0 saturated carbocycles. The van der Waals surface area contributed by atoms with Crippen LogP contribution in [0.15, 0.2) is 40.3 Å². The monoisotopic (exact) mass is 385 g/mol. The molecule has 0 radical (unpaired) electrons. The Morgan fingerprint density at radius 2 is 2.00 bits per heavy atom. The number of hydrogen-bond acceptors (Lipinski definition) is 5. The standard InChI is InChI=1S/C19H16ClN3O4/c20-14-4-6-16(17(11-14)23(25)26)18-7-5-15(27-18)10-13(12-21)19(24)22-8-2-1-3-9-22/h4-7,10-11H,1-3,8-9H2. The van der Waals surface area contributed by atoms with Gasteiger partial charge in [0.2, 0.25) is 0 Å². The van der Waals surface area contributed by atoms with Gasteiger partial charge in [-0.3, -0.25) is 14.9 Å². The number of benzene rings is 1. The zero-order chi connectivity index (χ0) is 19.4. The predicted molar refractivity (Wildman–Crippen MR) is 99.8 cm³/mol. The first-order valence-corrected chi connectivity index (χ1v) is 8.82. The fourth-order valence-corrected chi connectivity index (χ4v) is 3.16. The zero-order valence-electron chi connectivity index (χ0n) is 14.4. The van der Waals surface area contributed by atoms with Gasteiger partial charge in [0.05, 0.1) is 10.5 Å². The van der Waals surface area contributed by atoms with E-state index in [0.717, 1.165) is 19.3 Å². The summed E-state index contributed by atoms with van der Waals surface area (Å²) in [5.41, 5.74) is 0.0607. The van der Waals surface area contributed by atoms with Crippen LogP contribution in [-0.4, -0.2) is 28.8 Å². The smallest absolute Gasteiger partial charge is 0.281 e. The molecule has 1 aliphatic rings. The molecule has 2 aromatic rings. The van der Waals surface area contributed by atoms with Crippen molar-refractivity contribution >= 4 is 29.3 Å². The van der Waals surface area contributed by atoms with E-state index in [4.69, 9.17) is 16.0 Å². The number of hydrogen-bond donors (Lipinski definition) is 0. The molecule has 1 saturated heterocycles. The molecule has 2 heterocycles. The van der Waals surface area contributed by atoms with Crippen LogP contribution in [0.1, 0.15) is 25.0 Å². The van der Waals surface area contributed by atoms with E-state index in [2.05, 4.69) is 0 Å². The molecule has 138 valence electrons. The number of nitro groups is 1. The highest BCUT2D eigenvalue weighted by molar-refractivity contribution is 6.30. The van der Waals surface area contributed by atoms with Crippen LogP contribution in [0.5, 0.6) is 0 Å². The minimum Gasteiger partial charge on any atom is -0.456 e. The molecule has 27 heavy (non-hydrogen) atoms. The van der Waals surface area contributed by atoms with E-state index in [9.17, 15) is 20.2 Å². The molecule has 0 spiro atoms. The van der Waals surface area contributed by atoms with Crippen molar-refractivity contribution in [3.05, 3.63) is 56.8 Å². The predicted octanol–water partition coefficient (Wildman–Crippen LogP) is 4.43. The summed E-state index contributed by atoms with van der Waals surface area (Å²) in [4.78, 5) is 24.8. The Labute approximate surface area is 160 Å². The van der Waals surface area contributed by atoms with Crippen molar-refractivity contribution in [3.63, 3.8) is 0 Å². The number of piperidine rings is 1. The molecule has 1 amide bonds. The minimum absolute atomic E-state index is 0.0246. The second kappa shape index (κ2) is 8.06. The molecule has 0 atom stereocenters. The van der Waals surface area contributed by atoms with Crippen LogP contribution in [0.25, 0.3) is 17.4 Å². The first-order chi connectivity index (χ1) is 13.0. The van der Waals surface area contributed by atoms with E-state index in [0.29, 0.717) is 13.1 Å². The van der Waals surface area contributed by atoms with Crippen molar-refractivity contribution in [2.45, 2.75) is 19.3 Å². The summed E-state index contributed by atoms with van der Waals surface area (Å²) in [7, 11) is 0. The SMILES string of the molecule is N#CC(=Cc1ccc(-c2ccc(Cl)cc2[N+](=O)[O-])o1)C(=O)N1CCCCC1. The van der Waals surface area contributed by atoms with Crippen LogP contribution < -0.4 is 0 Å². The lowest BCUT2D eigenvalue weighted by molar-refractivity contribution is -0.384. The number of nitro benzene ring substituents is 1. The fraction of sp³-hybridized carbons (Fsp3) is 0.263. The van der Waals surface area contributed by atoms with Gasteiger partial charge < -0.3 is 9.32 Å². The maximum absolute atomic E-state index is 12.5. The number of likely N-dealkylation sites (tertiary alicyclic amines) is 1. The Bertz CT molecular complexity index is 952. The summed E-state index contributed by atoms with van der Waals surface area (Å²) in [5.74, 6) is 0.205. The van der Waals surface area contributed by atoms with Gasteiger partial charge in [0.15, 0.2) is 0 Å². The van der Waals surface area contributed by atoms with Crippen LogP contribution in [0.4, 0.5) is 5.69 Å². The molecule has 0 N–H and O–H groups in total. The van der Waals surface area contributed by atoms with Crippen LogP contribution in [0.2, 0.25) is 5.02 Å². The van der Waals surface area contributed by atoms with Gasteiger partial charge in [0, 0.05) is 30.3 Å². The zero-order valence-corrected chi connectivity index (χ0v) is 15.1. The highest BCUT2D eigenvalue weighted by Gasteiger charge is 2.22. The molecule has 0 bridgehead atoms. The maximum atomic E-state index is 12.5. The number of rotatable bonds is 4. The minimum atomic E-state index is -0.542. The lowest BCUT2D eigenvalue weighted by Crippen LogP contribution is -2.36. The van der Waals surface area contributed by atoms with Crippen molar-refractivity contribution in [2.24, 2.45) is 0 Å². The van der Waals surface area contributed by atoms with E-state index in [1.54, 1.807) is 17.0 Å². The van der Waals surface area contributed by atoms with Crippen molar-refractivity contribution in [3.8, 4) is 17.4 Å². The number of amides is 1. The van der Waals surface area contributed by atoms with Crippen LogP contribution in [-0.2, 0) is 4.79 Å². The van der Waals surface area contributed by atoms with E-state index in [-0.39, 0.29) is 39.3 Å². The molecule has 8 heteroatoms. The summed E-state index contributed by atoms with van der Waals surface area (Å²) in [6, 6.07) is 9.31. The fourth-order valence-electron chi connectivity index (χ4n) is 2.99. The third-order valence-corrected chi connectivity index (χ3v) is 4.56. The molecular formula is C19H16ClN3O4. The van der Waals surface area contributed by atoms with Crippen molar-refractivity contribution in [2.75, 3.05) is 13.1 Å². The third-order valence-electron chi connectivity index (χ3n) is 4.33. The number of nitrogens with zero attached hydrogens (tertiary/aromatic N) is 3. The van der Waals surface area contributed by atoms with Crippen LogP contribution in [0.3, 0.4) is 0 Å². The van der Waals surface area contributed by atoms with Gasteiger partial charge in [0.1, 0.15) is 23.2 Å². The number of furan rings is 1. The lowest BCUT2D eigenvalue weighted by Gasteiger charge is -2.26. The third kappa shape index (κ3) is 4.18. The molecular weight excluding hydrogens is 370 g/mol. The van der Waals surface area contributed by atoms with E-state index < -0.39 is 4.92 Å². The average molecular weight is 386 g/mol. The van der Waals surface area contributed by atoms with Crippen molar-refractivity contribution in [1.82, 2.24) is 4.90 Å². The molecule has 1 aromatic carbocycles. The number of carbonyl (C=O) groups excluding carboxylic acids is 1. The molecule has 0 unspecified atom stereocenters. The van der Waals surface area contributed by atoms with Crippen molar-refractivity contribution < 1.29 is 14.1 Å². The molecule has 1 fully saturated rings. The van der Waals surface area contributed by atoms with Gasteiger partial charge in [-0.2, -0.15) is 5.26 Å². The Morgan fingerprint density at radius 3 is 2.67 bits per heavy atom. The van der Waals surface area contributed by atoms with Crippen molar-refractivity contribution in [1.29, 1.82) is 5.26 Å². The van der Waals surface area contributed by atoms with E-state index >= 15 is 0 Å². The van der Waals surface area contributed by atoms with E-state index in [1.165, 1.54) is 24.3 Å². The highest BCUT2D eigenvalue weighted by Crippen LogP contribution is 2.33. The lowest BCUT2D eigenvalue weighted by atomic mass is 10.1. The van der Waals surface area contributed by atoms with Gasteiger partial charge in [-0.05, 0) is 43.5 Å². The Kier molecular flexibility index (Phi) is 5.57. The summed E-state index contributed by atoms with van der Waals surface area (Å²) in [6.07, 6.45) is 4.30. The first-order valence-electron chi connectivity index (χ1n) is 8.45. The topological polar surface area (TPSA) is 100 Å². The summed E-state index contributed by atoms with van der Waals surface area (Å²) >= 11 is 5.83. The van der Waals surface area contributed by atoms with Gasteiger partial charge in [0.25, 0.3) is 11.6 Å². The Hall–Kier alpha value is -3.11. The average Bonchev–Trinajstić information content (AvgIpc) is 3.14. The number of nitriles is 1. The summed E-state index contributed by atoms with van der Waals surface area (Å²) in [6.45, 7) is 1.27. The molecule has 1 aliphatic heterocycles. The molecule has 1 aromatic heterocycles. The normalized spacial score (nSPS) is 14.7.